The van der Waals surface area contributed by atoms with Gasteiger partial charge in [0.1, 0.15) is 5.82 Å². The molecule has 0 saturated carbocycles. The van der Waals surface area contributed by atoms with E-state index in [0.29, 0.717) is 16.7 Å². The van der Waals surface area contributed by atoms with Gasteiger partial charge in [0.05, 0.1) is 5.56 Å². The average Bonchev–Trinajstić information content (AvgIpc) is 2.93. The van der Waals surface area contributed by atoms with Crippen molar-refractivity contribution < 1.29 is 14.0 Å². The lowest BCUT2D eigenvalue weighted by atomic mass is 10.1. The standard InChI is InChI=1S/C17H14BrFN2O2/c1-10(22)21-7-6-11-8-13(3-5-16(11)21)20-17(23)14-9-12(18)2-4-15(14)19/h2-5,8-9H,6-7H2,1H3,(H,20,23). The van der Waals surface area contributed by atoms with Crippen LogP contribution in [0.4, 0.5) is 15.8 Å². The van der Waals surface area contributed by atoms with Crippen LogP contribution in [0.1, 0.15) is 22.8 Å². The third-order valence-corrected chi connectivity index (χ3v) is 4.28. The second-order valence-corrected chi connectivity index (χ2v) is 6.26. The molecule has 1 aliphatic heterocycles. The van der Waals surface area contributed by atoms with Crippen molar-refractivity contribution in [1.82, 2.24) is 0 Å². The van der Waals surface area contributed by atoms with Crippen molar-refractivity contribution in [3.8, 4) is 0 Å². The maximum atomic E-state index is 13.8. The molecule has 0 aliphatic carbocycles. The van der Waals surface area contributed by atoms with Crippen molar-refractivity contribution >= 4 is 39.1 Å². The van der Waals surface area contributed by atoms with Crippen LogP contribution in [-0.2, 0) is 11.2 Å². The number of amides is 2. The number of nitrogens with one attached hydrogen (secondary N) is 1. The Bertz CT molecular complexity index is 807. The first kappa shape index (κ1) is 15.7. The third-order valence-electron chi connectivity index (χ3n) is 3.79. The highest BCUT2D eigenvalue weighted by Crippen LogP contribution is 2.30. The molecule has 0 aromatic heterocycles. The molecule has 0 atom stereocenters. The van der Waals surface area contributed by atoms with E-state index in [1.165, 1.54) is 25.1 Å². The highest BCUT2D eigenvalue weighted by molar-refractivity contribution is 9.10. The number of rotatable bonds is 2. The van der Waals surface area contributed by atoms with Crippen LogP contribution in [0, 0.1) is 5.82 Å². The maximum absolute atomic E-state index is 13.8. The molecule has 0 bridgehead atoms. The monoisotopic (exact) mass is 376 g/mol. The fourth-order valence-electron chi connectivity index (χ4n) is 2.68. The highest BCUT2D eigenvalue weighted by atomic mass is 79.9. The molecule has 0 fully saturated rings. The number of anilines is 2. The predicted octanol–water partition coefficient (Wildman–Crippen LogP) is 3.75. The molecule has 0 radical (unpaired) electrons. The van der Waals surface area contributed by atoms with Crippen molar-refractivity contribution in [1.29, 1.82) is 0 Å². The van der Waals surface area contributed by atoms with Gasteiger partial charge in [-0.05, 0) is 48.4 Å². The zero-order valence-corrected chi connectivity index (χ0v) is 14.0. The molecule has 0 spiro atoms. The molecule has 0 unspecified atom stereocenters. The van der Waals surface area contributed by atoms with Gasteiger partial charge in [0.15, 0.2) is 0 Å². The van der Waals surface area contributed by atoms with Crippen LogP contribution in [0.5, 0.6) is 0 Å². The summed E-state index contributed by atoms with van der Waals surface area (Å²) in [7, 11) is 0. The summed E-state index contributed by atoms with van der Waals surface area (Å²) in [5.74, 6) is -1.09. The van der Waals surface area contributed by atoms with E-state index < -0.39 is 11.7 Å². The Labute approximate surface area is 141 Å². The van der Waals surface area contributed by atoms with Crippen molar-refractivity contribution in [3.63, 3.8) is 0 Å². The molecule has 2 amide bonds. The van der Waals surface area contributed by atoms with Crippen LogP contribution < -0.4 is 10.2 Å². The maximum Gasteiger partial charge on any atom is 0.258 e. The molecule has 2 aromatic rings. The SMILES string of the molecule is CC(=O)N1CCc2cc(NC(=O)c3cc(Br)ccc3F)ccc21. The molecule has 3 rings (SSSR count). The molecular formula is C17H14BrFN2O2. The van der Waals surface area contributed by atoms with E-state index in [-0.39, 0.29) is 11.5 Å². The van der Waals surface area contributed by atoms with E-state index in [2.05, 4.69) is 21.2 Å². The summed E-state index contributed by atoms with van der Waals surface area (Å²) in [5, 5.41) is 2.70. The minimum atomic E-state index is -0.574. The van der Waals surface area contributed by atoms with Gasteiger partial charge in [0.2, 0.25) is 5.91 Å². The topological polar surface area (TPSA) is 49.4 Å². The average molecular weight is 377 g/mol. The Kier molecular flexibility index (Phi) is 4.17. The van der Waals surface area contributed by atoms with Gasteiger partial charge in [0.25, 0.3) is 5.91 Å². The van der Waals surface area contributed by atoms with Gasteiger partial charge in [-0.2, -0.15) is 0 Å². The van der Waals surface area contributed by atoms with Gasteiger partial charge in [0, 0.05) is 29.3 Å². The van der Waals surface area contributed by atoms with Gasteiger partial charge in [-0.3, -0.25) is 9.59 Å². The number of benzene rings is 2. The smallest absolute Gasteiger partial charge is 0.258 e. The van der Waals surface area contributed by atoms with Crippen LogP contribution in [0.15, 0.2) is 40.9 Å². The summed E-state index contributed by atoms with van der Waals surface area (Å²) >= 11 is 3.23. The summed E-state index contributed by atoms with van der Waals surface area (Å²) < 4.78 is 14.4. The van der Waals surface area contributed by atoms with E-state index in [1.807, 2.05) is 6.07 Å². The normalized spacial score (nSPS) is 12.9. The first-order chi connectivity index (χ1) is 11.0. The second-order valence-electron chi connectivity index (χ2n) is 5.34. The molecule has 23 heavy (non-hydrogen) atoms. The van der Waals surface area contributed by atoms with E-state index >= 15 is 0 Å². The number of carbonyl (C=O) groups is 2. The van der Waals surface area contributed by atoms with Crippen LogP contribution in [0.25, 0.3) is 0 Å². The molecule has 1 aliphatic rings. The lowest BCUT2D eigenvalue weighted by Gasteiger charge is -2.15. The minimum Gasteiger partial charge on any atom is -0.322 e. The zero-order chi connectivity index (χ0) is 16.6. The van der Waals surface area contributed by atoms with E-state index in [4.69, 9.17) is 0 Å². The van der Waals surface area contributed by atoms with Crippen LogP contribution >= 0.6 is 15.9 Å². The lowest BCUT2D eigenvalue weighted by molar-refractivity contribution is -0.116. The second kappa shape index (κ2) is 6.12. The van der Waals surface area contributed by atoms with Gasteiger partial charge < -0.3 is 10.2 Å². The first-order valence-electron chi connectivity index (χ1n) is 7.13. The van der Waals surface area contributed by atoms with E-state index in [1.54, 1.807) is 17.0 Å². The Morgan fingerprint density at radius 3 is 2.74 bits per heavy atom. The molecule has 118 valence electrons. The third kappa shape index (κ3) is 3.12. The fourth-order valence-corrected chi connectivity index (χ4v) is 3.04. The largest absolute Gasteiger partial charge is 0.322 e. The summed E-state index contributed by atoms with van der Waals surface area (Å²) in [4.78, 5) is 25.5. The number of halogens is 2. The molecular weight excluding hydrogens is 363 g/mol. The van der Waals surface area contributed by atoms with Crippen molar-refractivity contribution in [3.05, 3.63) is 57.8 Å². The molecule has 2 aromatic carbocycles. The van der Waals surface area contributed by atoms with E-state index in [9.17, 15) is 14.0 Å². The Hall–Kier alpha value is -2.21. The van der Waals surface area contributed by atoms with Crippen LogP contribution in [0.2, 0.25) is 0 Å². The number of hydrogen-bond acceptors (Lipinski definition) is 2. The quantitative estimate of drug-likeness (QED) is 0.867. The Morgan fingerprint density at radius 1 is 1.22 bits per heavy atom. The first-order valence-corrected chi connectivity index (χ1v) is 7.92. The van der Waals surface area contributed by atoms with Gasteiger partial charge in [-0.25, -0.2) is 4.39 Å². The molecule has 1 N–H and O–H groups in total. The predicted molar refractivity (Wildman–Crippen MR) is 90.2 cm³/mol. The number of nitrogens with zero attached hydrogens (tertiary/aromatic N) is 1. The molecule has 4 nitrogen and oxygen atoms in total. The van der Waals surface area contributed by atoms with Crippen LogP contribution in [0.3, 0.4) is 0 Å². The summed E-state index contributed by atoms with van der Waals surface area (Å²) in [6, 6.07) is 9.57. The highest BCUT2D eigenvalue weighted by Gasteiger charge is 2.22. The number of carbonyl (C=O) groups excluding carboxylic acids is 2. The minimum absolute atomic E-state index is 0.00302. The van der Waals surface area contributed by atoms with Crippen molar-refractivity contribution in [2.45, 2.75) is 13.3 Å². The summed E-state index contributed by atoms with van der Waals surface area (Å²) in [6.45, 7) is 2.17. The fraction of sp³-hybridized carbons (Fsp3) is 0.176. The lowest BCUT2D eigenvalue weighted by Crippen LogP contribution is -2.25. The van der Waals surface area contributed by atoms with E-state index in [0.717, 1.165) is 17.7 Å². The summed E-state index contributed by atoms with van der Waals surface area (Å²) in [6.07, 6.45) is 0.740. The van der Waals surface area contributed by atoms with Crippen molar-refractivity contribution in [2.24, 2.45) is 0 Å². The zero-order valence-electron chi connectivity index (χ0n) is 12.4. The molecule has 1 heterocycles. The van der Waals surface area contributed by atoms with Crippen molar-refractivity contribution in [2.75, 3.05) is 16.8 Å². The number of fused-ring (bicyclic) bond motifs is 1. The summed E-state index contributed by atoms with van der Waals surface area (Å²) in [5.41, 5.74) is 2.42. The Morgan fingerprint density at radius 2 is 2.00 bits per heavy atom. The molecule has 6 heteroatoms. The number of hydrogen-bond donors (Lipinski definition) is 1. The van der Waals surface area contributed by atoms with Crippen LogP contribution in [-0.4, -0.2) is 18.4 Å². The Balaban J connectivity index is 1.83. The van der Waals surface area contributed by atoms with Gasteiger partial charge in [-0.15, -0.1) is 0 Å². The molecule has 0 saturated heterocycles. The van der Waals surface area contributed by atoms with Gasteiger partial charge >= 0.3 is 0 Å². The van der Waals surface area contributed by atoms with Gasteiger partial charge in [-0.1, -0.05) is 15.9 Å².